The fourth-order valence-corrected chi connectivity index (χ4v) is 3.14. The van der Waals surface area contributed by atoms with Crippen molar-refractivity contribution in [2.24, 2.45) is 0 Å². The molecule has 0 aliphatic carbocycles. The third kappa shape index (κ3) is 5.65. The van der Waals surface area contributed by atoms with Gasteiger partial charge in [-0.3, -0.25) is 10.1 Å². The number of nitrogens with one attached hydrogen (secondary N) is 2. The number of hydrogen-bond acceptors (Lipinski definition) is 3. The molecule has 0 spiro atoms. The first kappa shape index (κ1) is 20.6. The molecule has 0 bridgehead atoms. The van der Waals surface area contributed by atoms with Crippen molar-refractivity contribution >= 4 is 35.0 Å². The molecule has 0 saturated carbocycles. The van der Waals surface area contributed by atoms with Crippen LogP contribution in [0.25, 0.3) is 17.4 Å². The molecule has 0 saturated heterocycles. The molecule has 29 heavy (non-hydrogen) atoms. The molecule has 0 unspecified atom stereocenters. The maximum absolute atomic E-state index is 12.2. The van der Waals surface area contributed by atoms with E-state index in [9.17, 15) is 4.79 Å². The van der Waals surface area contributed by atoms with Crippen LogP contribution in [0.1, 0.15) is 37.5 Å². The summed E-state index contributed by atoms with van der Waals surface area (Å²) in [7, 11) is 0. The van der Waals surface area contributed by atoms with E-state index in [1.54, 1.807) is 6.08 Å². The fourth-order valence-electron chi connectivity index (χ4n) is 2.93. The molecule has 1 aromatic heterocycles. The number of hydrogen-bond donors (Lipinski definition) is 2. The zero-order valence-electron chi connectivity index (χ0n) is 16.5. The van der Waals surface area contributed by atoms with E-state index in [-0.39, 0.29) is 11.0 Å². The van der Waals surface area contributed by atoms with Crippen LogP contribution in [0.5, 0.6) is 0 Å². The van der Waals surface area contributed by atoms with Gasteiger partial charge < -0.3 is 9.73 Å². The zero-order chi connectivity index (χ0) is 20.6. The Kier molecular flexibility index (Phi) is 6.98. The Balaban J connectivity index is 1.59. The van der Waals surface area contributed by atoms with Crippen LogP contribution >= 0.6 is 12.2 Å². The second-order valence-corrected chi connectivity index (χ2v) is 7.15. The highest BCUT2D eigenvalue weighted by Gasteiger charge is 2.10. The highest BCUT2D eigenvalue weighted by Crippen LogP contribution is 2.26. The largest absolute Gasteiger partial charge is 0.457 e. The van der Waals surface area contributed by atoms with Crippen LogP contribution in [-0.4, -0.2) is 11.0 Å². The highest BCUT2D eigenvalue weighted by molar-refractivity contribution is 7.80. The summed E-state index contributed by atoms with van der Waals surface area (Å²) >= 11 is 5.29. The molecule has 0 aliphatic heterocycles. The van der Waals surface area contributed by atoms with Crippen LogP contribution in [0.15, 0.2) is 77.2 Å². The van der Waals surface area contributed by atoms with Gasteiger partial charge in [0.1, 0.15) is 11.5 Å². The van der Waals surface area contributed by atoms with E-state index in [1.807, 2.05) is 60.7 Å². The maximum atomic E-state index is 12.2. The molecular weight excluding hydrogens is 380 g/mol. The van der Waals surface area contributed by atoms with Crippen molar-refractivity contribution < 1.29 is 9.21 Å². The molecule has 5 heteroatoms. The second-order valence-electron chi connectivity index (χ2n) is 6.74. The van der Waals surface area contributed by atoms with Crippen molar-refractivity contribution in [2.75, 3.05) is 5.32 Å². The van der Waals surface area contributed by atoms with E-state index < -0.39 is 0 Å². The fraction of sp³-hybridized carbons (Fsp3) is 0.167. The number of benzene rings is 2. The van der Waals surface area contributed by atoms with Crippen molar-refractivity contribution in [3.63, 3.8) is 0 Å². The van der Waals surface area contributed by atoms with Gasteiger partial charge in [-0.2, -0.15) is 0 Å². The quantitative estimate of drug-likeness (QED) is 0.392. The van der Waals surface area contributed by atoms with Crippen molar-refractivity contribution in [3.05, 3.63) is 84.1 Å². The van der Waals surface area contributed by atoms with E-state index in [1.165, 1.54) is 11.6 Å². The van der Waals surface area contributed by atoms with Gasteiger partial charge in [-0.15, -0.1) is 0 Å². The molecule has 0 aliphatic rings. The summed E-state index contributed by atoms with van der Waals surface area (Å²) in [6, 6.07) is 21.5. The highest BCUT2D eigenvalue weighted by atomic mass is 32.1. The zero-order valence-corrected chi connectivity index (χ0v) is 17.3. The first-order valence-corrected chi connectivity index (χ1v) is 10.0. The van der Waals surface area contributed by atoms with Crippen LogP contribution < -0.4 is 10.6 Å². The molecule has 0 radical (unpaired) electrons. The van der Waals surface area contributed by atoms with Crippen molar-refractivity contribution in [1.29, 1.82) is 0 Å². The van der Waals surface area contributed by atoms with Crippen molar-refractivity contribution in [3.8, 4) is 11.3 Å². The lowest BCUT2D eigenvalue weighted by atomic mass is 9.97. The van der Waals surface area contributed by atoms with Gasteiger partial charge in [0.05, 0.1) is 0 Å². The number of amides is 1. The van der Waals surface area contributed by atoms with Gasteiger partial charge in [0, 0.05) is 17.3 Å². The van der Waals surface area contributed by atoms with E-state index in [2.05, 4.69) is 30.5 Å². The minimum absolute atomic E-state index is 0.264. The predicted molar refractivity (Wildman–Crippen MR) is 123 cm³/mol. The SMILES string of the molecule is CC[C@@H](C)c1ccccc1NC(=S)NC(=O)/C=C/c1ccc(-c2ccccc2)o1. The van der Waals surface area contributed by atoms with Gasteiger partial charge in [0.15, 0.2) is 5.11 Å². The number of rotatable bonds is 6. The van der Waals surface area contributed by atoms with Crippen LogP contribution in [0.4, 0.5) is 5.69 Å². The molecule has 148 valence electrons. The van der Waals surface area contributed by atoms with Crippen molar-refractivity contribution in [2.45, 2.75) is 26.2 Å². The summed E-state index contributed by atoms with van der Waals surface area (Å²) in [5.74, 6) is 1.43. The lowest BCUT2D eigenvalue weighted by Crippen LogP contribution is -2.33. The summed E-state index contributed by atoms with van der Waals surface area (Å²) in [4.78, 5) is 12.2. The summed E-state index contributed by atoms with van der Waals surface area (Å²) in [5.41, 5.74) is 3.07. The van der Waals surface area contributed by atoms with Gasteiger partial charge in [-0.05, 0) is 54.4 Å². The molecule has 1 heterocycles. The van der Waals surface area contributed by atoms with E-state index in [0.29, 0.717) is 11.7 Å². The molecule has 2 N–H and O–H groups in total. The van der Waals surface area contributed by atoms with Gasteiger partial charge in [-0.1, -0.05) is 62.4 Å². The number of thiocarbonyl (C=S) groups is 1. The van der Waals surface area contributed by atoms with Gasteiger partial charge in [0.25, 0.3) is 0 Å². The minimum atomic E-state index is -0.318. The molecule has 4 nitrogen and oxygen atoms in total. The topological polar surface area (TPSA) is 54.3 Å². The Hall–Kier alpha value is -3.18. The van der Waals surface area contributed by atoms with Crippen LogP contribution in [0, 0.1) is 0 Å². The summed E-state index contributed by atoms with van der Waals surface area (Å²) in [5, 5.41) is 6.06. The maximum Gasteiger partial charge on any atom is 0.250 e. The smallest absolute Gasteiger partial charge is 0.250 e. The average Bonchev–Trinajstić information content (AvgIpc) is 3.22. The second kappa shape index (κ2) is 9.85. The Morgan fingerprint density at radius 1 is 1.07 bits per heavy atom. The monoisotopic (exact) mass is 404 g/mol. The van der Waals surface area contributed by atoms with Crippen LogP contribution in [0.3, 0.4) is 0 Å². The number of furan rings is 1. The summed E-state index contributed by atoms with van der Waals surface area (Å²) < 4.78 is 5.76. The number of para-hydroxylation sites is 1. The predicted octanol–water partition coefficient (Wildman–Crippen LogP) is 5.99. The van der Waals surface area contributed by atoms with E-state index in [0.717, 1.165) is 23.4 Å². The molecular formula is C24H24N2O2S. The molecule has 2 aromatic carbocycles. The number of anilines is 1. The lowest BCUT2D eigenvalue weighted by molar-refractivity contribution is -0.115. The normalized spacial score (nSPS) is 11.9. The Morgan fingerprint density at radius 3 is 2.55 bits per heavy atom. The first-order chi connectivity index (χ1) is 14.1. The van der Waals surface area contributed by atoms with Gasteiger partial charge in [-0.25, -0.2) is 0 Å². The lowest BCUT2D eigenvalue weighted by Gasteiger charge is -2.16. The average molecular weight is 405 g/mol. The standard InChI is InChI=1S/C24H24N2O2S/c1-3-17(2)20-11-7-8-12-21(20)25-24(29)26-23(27)16-14-19-13-15-22(28-19)18-9-5-4-6-10-18/h4-17H,3H2,1-2H3,(H2,25,26,27,29)/b16-14+/t17-/m1/s1. The molecule has 0 fully saturated rings. The van der Waals surface area contributed by atoms with E-state index >= 15 is 0 Å². The molecule has 3 aromatic rings. The van der Waals surface area contributed by atoms with Crippen LogP contribution in [0.2, 0.25) is 0 Å². The number of carbonyl (C=O) groups is 1. The van der Waals surface area contributed by atoms with E-state index in [4.69, 9.17) is 16.6 Å². The van der Waals surface area contributed by atoms with Crippen LogP contribution in [-0.2, 0) is 4.79 Å². The van der Waals surface area contributed by atoms with Gasteiger partial charge >= 0.3 is 0 Å². The number of carbonyl (C=O) groups excluding carboxylic acids is 1. The third-order valence-electron chi connectivity index (χ3n) is 4.67. The molecule has 1 amide bonds. The summed E-state index contributed by atoms with van der Waals surface area (Å²) in [6.07, 6.45) is 4.05. The Labute approximate surface area is 176 Å². The Morgan fingerprint density at radius 2 is 1.79 bits per heavy atom. The van der Waals surface area contributed by atoms with Gasteiger partial charge in [0.2, 0.25) is 5.91 Å². The van der Waals surface area contributed by atoms with Crippen molar-refractivity contribution in [1.82, 2.24) is 5.32 Å². The first-order valence-electron chi connectivity index (χ1n) is 9.61. The Bertz CT molecular complexity index is 1010. The third-order valence-corrected chi connectivity index (χ3v) is 4.88. The summed E-state index contributed by atoms with van der Waals surface area (Å²) in [6.45, 7) is 4.31. The minimum Gasteiger partial charge on any atom is -0.457 e. The molecule has 1 atom stereocenters. The molecule has 3 rings (SSSR count).